The van der Waals surface area contributed by atoms with E-state index in [2.05, 4.69) is 5.32 Å². The van der Waals surface area contributed by atoms with E-state index >= 15 is 0 Å². The van der Waals surface area contributed by atoms with Crippen molar-refractivity contribution in [2.45, 2.75) is 111 Å². The summed E-state index contributed by atoms with van der Waals surface area (Å²) < 4.78 is 35.3. The maximum atomic E-state index is 11.1. The Hall–Kier alpha value is -1.10. The van der Waals surface area contributed by atoms with Crippen molar-refractivity contribution in [3.8, 4) is 0 Å². The number of hydrogen-bond acceptors (Lipinski definition) is 17. The molecule has 0 amide bonds. The molecule has 2 saturated heterocycles. The van der Waals surface area contributed by atoms with Crippen molar-refractivity contribution >= 4 is 0 Å². The van der Waals surface area contributed by atoms with E-state index in [0.717, 1.165) is 0 Å². The van der Waals surface area contributed by atoms with E-state index < -0.39 is 105 Å². The minimum Gasteiger partial charge on any atom is -0.467 e. The van der Waals surface area contributed by atoms with E-state index in [0.29, 0.717) is 18.7 Å². The number of nitrogens with two attached hydrogens (primary N) is 5. The molecular formula is C24H46N6O11. The highest BCUT2D eigenvalue weighted by molar-refractivity contribution is 5.04. The summed E-state index contributed by atoms with van der Waals surface area (Å²) in [6.45, 7) is -0.266. The Morgan fingerprint density at radius 1 is 0.805 bits per heavy atom. The first kappa shape index (κ1) is 32.8. The lowest BCUT2D eigenvalue weighted by atomic mass is 9.84. The predicted octanol–water partition coefficient (Wildman–Crippen LogP) is -6.45. The van der Waals surface area contributed by atoms with Crippen LogP contribution in [0.15, 0.2) is 11.8 Å². The summed E-state index contributed by atoms with van der Waals surface area (Å²) in [6, 6.07) is -3.19. The molecule has 4 rings (SSSR count). The molecule has 41 heavy (non-hydrogen) atoms. The smallest absolute Gasteiger partial charge is 0.215 e. The number of rotatable bonds is 10. The van der Waals surface area contributed by atoms with Gasteiger partial charge in [0.2, 0.25) is 6.29 Å². The first-order valence-electron chi connectivity index (χ1n) is 13.8. The number of aliphatic hydroxyl groups is 5. The molecule has 17 nitrogen and oxygen atoms in total. The molecule has 1 saturated carbocycles. The van der Waals surface area contributed by atoms with E-state index in [9.17, 15) is 25.5 Å². The van der Waals surface area contributed by atoms with Gasteiger partial charge in [-0.1, -0.05) is 0 Å². The second kappa shape index (κ2) is 14.1. The van der Waals surface area contributed by atoms with Crippen LogP contribution < -0.4 is 34.0 Å². The van der Waals surface area contributed by atoms with Crippen molar-refractivity contribution in [2.75, 3.05) is 26.7 Å². The van der Waals surface area contributed by atoms with Gasteiger partial charge < -0.3 is 87.9 Å². The molecule has 0 unspecified atom stereocenters. The zero-order valence-corrected chi connectivity index (χ0v) is 22.9. The molecule has 3 fully saturated rings. The third-order valence-corrected chi connectivity index (χ3v) is 7.98. The largest absolute Gasteiger partial charge is 0.467 e. The first-order valence-corrected chi connectivity index (χ1v) is 13.8. The number of hydrogen-bond donors (Lipinski definition) is 11. The van der Waals surface area contributed by atoms with Gasteiger partial charge in [0, 0.05) is 18.6 Å². The Labute approximate surface area is 237 Å². The third kappa shape index (κ3) is 7.01. The fourth-order valence-corrected chi connectivity index (χ4v) is 5.55. The van der Waals surface area contributed by atoms with Crippen molar-refractivity contribution in [2.24, 2.45) is 28.7 Å². The van der Waals surface area contributed by atoms with Crippen LogP contribution in [0.3, 0.4) is 0 Å². The number of aliphatic hydroxyl groups excluding tert-OH is 5. The van der Waals surface area contributed by atoms with Gasteiger partial charge in [-0.25, -0.2) is 0 Å². The summed E-state index contributed by atoms with van der Waals surface area (Å²) in [6.07, 6.45) is -12.1. The molecule has 16 N–H and O–H groups in total. The van der Waals surface area contributed by atoms with E-state index in [4.69, 9.17) is 57.1 Å². The minimum atomic E-state index is -1.52. The van der Waals surface area contributed by atoms with Gasteiger partial charge in [0.25, 0.3) is 0 Å². The molecule has 0 radical (unpaired) electrons. The van der Waals surface area contributed by atoms with Crippen LogP contribution >= 0.6 is 0 Å². The molecule has 16 atom stereocenters. The number of nitrogens with one attached hydrogen (secondary N) is 1. The predicted molar refractivity (Wildman–Crippen MR) is 140 cm³/mol. The van der Waals surface area contributed by atoms with Crippen molar-refractivity contribution in [3.63, 3.8) is 0 Å². The average molecular weight is 595 g/mol. The highest BCUT2D eigenvalue weighted by atomic mass is 16.8. The summed E-state index contributed by atoms with van der Waals surface area (Å²) >= 11 is 0. The fraction of sp³-hybridized carbons (Fsp3) is 0.917. The van der Waals surface area contributed by atoms with Gasteiger partial charge in [-0.15, -0.1) is 0 Å². The molecule has 0 aromatic heterocycles. The molecule has 17 heteroatoms. The maximum absolute atomic E-state index is 11.1. The molecule has 0 aromatic rings. The van der Waals surface area contributed by atoms with Crippen LogP contribution in [-0.2, 0) is 28.4 Å². The van der Waals surface area contributed by atoms with Crippen molar-refractivity contribution < 1.29 is 54.0 Å². The van der Waals surface area contributed by atoms with Crippen molar-refractivity contribution in [1.82, 2.24) is 5.32 Å². The average Bonchev–Trinajstić information content (AvgIpc) is 3.24. The van der Waals surface area contributed by atoms with E-state index in [1.165, 1.54) is 0 Å². The Morgan fingerprint density at radius 3 is 2.12 bits per heavy atom. The maximum Gasteiger partial charge on any atom is 0.215 e. The van der Waals surface area contributed by atoms with Crippen LogP contribution in [0, 0.1) is 0 Å². The molecule has 3 aliphatic heterocycles. The van der Waals surface area contributed by atoms with Crippen LogP contribution in [0.5, 0.6) is 0 Å². The van der Waals surface area contributed by atoms with Crippen LogP contribution in [0.2, 0.25) is 0 Å². The quantitative estimate of drug-likeness (QED) is 0.112. The lowest BCUT2D eigenvalue weighted by Gasteiger charge is -2.45. The van der Waals surface area contributed by atoms with E-state index in [-0.39, 0.29) is 13.0 Å². The number of ether oxygens (including phenoxy) is 6. The molecule has 0 bridgehead atoms. The Kier molecular flexibility index (Phi) is 11.3. The summed E-state index contributed by atoms with van der Waals surface area (Å²) in [5, 5.41) is 55.5. The van der Waals surface area contributed by atoms with Gasteiger partial charge in [0.1, 0.15) is 54.6 Å². The lowest BCUT2D eigenvalue weighted by Crippen LogP contribution is -2.65. The van der Waals surface area contributed by atoms with Gasteiger partial charge in [-0.3, -0.25) is 0 Å². The molecule has 0 spiro atoms. The molecule has 3 heterocycles. The second-order valence-corrected chi connectivity index (χ2v) is 11.0. The van der Waals surface area contributed by atoms with Crippen LogP contribution in [0.1, 0.15) is 12.8 Å². The lowest BCUT2D eigenvalue weighted by molar-refractivity contribution is -0.282. The first-order chi connectivity index (χ1) is 19.5. The zero-order valence-electron chi connectivity index (χ0n) is 22.9. The number of likely N-dealkylation sites (N-methyl/N-ethyl adjacent to an activating group) is 1. The Morgan fingerprint density at radius 2 is 1.46 bits per heavy atom. The molecule has 238 valence electrons. The van der Waals surface area contributed by atoms with Crippen LogP contribution in [0.4, 0.5) is 0 Å². The molecule has 1 aliphatic carbocycles. The normalized spacial score (nSPS) is 49.0. The standard InChI is InChI=1S/C24H46N6O11/c1-30-6-8-2-3-9(26)22(36-8)39-19-11(28)4-10(27)15(32)21(19)41-24-18(35)20(13(7-31)38-24)40-23-14(29)17(34)16(33)12(5-25)37-23/h2,9-24,30-35H,3-7,25-29H2,1H3/t9-,10-,11+,12+,13-,14-,15+,16-,17-,18-,19-,20-,21-,22-,23-,24+/m1/s1. The van der Waals surface area contributed by atoms with Gasteiger partial charge in [-0.2, -0.15) is 0 Å². The monoisotopic (exact) mass is 594 g/mol. The summed E-state index contributed by atoms with van der Waals surface area (Å²) in [7, 11) is 1.77. The van der Waals surface area contributed by atoms with Gasteiger partial charge in [0.15, 0.2) is 12.6 Å². The van der Waals surface area contributed by atoms with Crippen molar-refractivity contribution in [1.29, 1.82) is 0 Å². The molecule has 0 aromatic carbocycles. The Balaban J connectivity index is 1.48. The van der Waals surface area contributed by atoms with Gasteiger partial charge in [0.05, 0.1) is 31.3 Å². The summed E-state index contributed by atoms with van der Waals surface area (Å²) in [4.78, 5) is 0. The van der Waals surface area contributed by atoms with Gasteiger partial charge in [-0.05, 0) is 26.0 Å². The molecular weight excluding hydrogens is 548 g/mol. The highest BCUT2D eigenvalue weighted by Crippen LogP contribution is 2.34. The van der Waals surface area contributed by atoms with E-state index in [1.54, 1.807) is 7.05 Å². The van der Waals surface area contributed by atoms with E-state index in [1.807, 2.05) is 6.08 Å². The SMILES string of the molecule is CNCC1=CC[C@@H](N)[C@@H](O[C@H]2[C@H](O[C@@H]3O[C@H](CO)[C@@H](O[C@H]4O[C@@H](CN)[C@@H](O)[C@H](O)[C@H]4N)[C@H]3O)[C@@H](O)[C@H](N)C[C@@H]2N)O1. The summed E-state index contributed by atoms with van der Waals surface area (Å²) in [5.74, 6) is 0.635. The second-order valence-electron chi connectivity index (χ2n) is 11.0. The van der Waals surface area contributed by atoms with Crippen LogP contribution in [0.25, 0.3) is 0 Å². The molecule has 4 aliphatic rings. The Bertz CT molecular complexity index is 876. The zero-order chi connectivity index (χ0) is 30.0. The van der Waals surface area contributed by atoms with Gasteiger partial charge >= 0.3 is 0 Å². The summed E-state index contributed by atoms with van der Waals surface area (Å²) in [5.41, 5.74) is 30.4. The highest BCUT2D eigenvalue weighted by Gasteiger charge is 2.53. The fourth-order valence-electron chi connectivity index (χ4n) is 5.55. The third-order valence-electron chi connectivity index (χ3n) is 7.98. The van der Waals surface area contributed by atoms with Crippen LogP contribution in [-0.4, -0.2) is 150 Å². The topological polar surface area (TPSA) is 299 Å². The minimum absolute atomic E-state index is 0.133. The van der Waals surface area contributed by atoms with Crippen molar-refractivity contribution in [3.05, 3.63) is 11.8 Å².